The molecule has 0 heterocycles. The van der Waals surface area contributed by atoms with Crippen LogP contribution in [0.25, 0.3) is 0 Å². The van der Waals surface area contributed by atoms with Crippen molar-refractivity contribution >= 4 is 15.9 Å². The Morgan fingerprint density at radius 3 is 2.61 bits per heavy atom. The van der Waals surface area contributed by atoms with Crippen LogP contribution in [0.15, 0.2) is 46.9 Å². The number of halogens is 1. The van der Waals surface area contributed by atoms with Gasteiger partial charge in [-0.05, 0) is 41.8 Å². The molecular weight excluding hydrogens is 292 g/mol. The molecule has 0 saturated heterocycles. The summed E-state index contributed by atoms with van der Waals surface area (Å²) < 4.78 is 0.912. The van der Waals surface area contributed by atoms with Gasteiger partial charge in [0.2, 0.25) is 0 Å². The van der Waals surface area contributed by atoms with Gasteiger partial charge in [-0.3, -0.25) is 0 Å². The lowest BCUT2D eigenvalue weighted by Crippen LogP contribution is -2.02. The van der Waals surface area contributed by atoms with E-state index < -0.39 is 6.10 Å². The second-order valence-electron chi connectivity index (χ2n) is 4.41. The second-order valence-corrected chi connectivity index (χ2v) is 5.27. The quantitative estimate of drug-likeness (QED) is 0.907. The second kappa shape index (κ2) is 5.55. The fourth-order valence-electron chi connectivity index (χ4n) is 1.92. The molecule has 2 N–H and O–H groups in total. The van der Waals surface area contributed by atoms with Crippen molar-refractivity contribution < 1.29 is 10.2 Å². The maximum absolute atomic E-state index is 10.2. The summed E-state index contributed by atoms with van der Waals surface area (Å²) in [6.07, 6.45) is -0.0995. The molecule has 0 saturated carbocycles. The van der Waals surface area contributed by atoms with E-state index in [1.165, 1.54) is 0 Å². The minimum absolute atomic E-state index is 0.225. The highest BCUT2D eigenvalue weighted by atomic mass is 79.9. The van der Waals surface area contributed by atoms with Gasteiger partial charge in [-0.1, -0.05) is 40.2 Å². The Labute approximate surface area is 115 Å². The van der Waals surface area contributed by atoms with E-state index in [1.807, 2.05) is 31.2 Å². The first-order valence-electron chi connectivity index (χ1n) is 5.78. The first-order chi connectivity index (χ1) is 8.56. The van der Waals surface area contributed by atoms with E-state index >= 15 is 0 Å². The number of aliphatic hydroxyl groups excluding tert-OH is 1. The van der Waals surface area contributed by atoms with Crippen LogP contribution in [0, 0.1) is 6.92 Å². The maximum Gasteiger partial charge on any atom is 0.115 e. The Kier molecular flexibility index (Phi) is 4.04. The van der Waals surface area contributed by atoms with Gasteiger partial charge in [0, 0.05) is 10.9 Å². The van der Waals surface area contributed by atoms with Crippen LogP contribution in [0.1, 0.15) is 22.8 Å². The normalized spacial score (nSPS) is 12.4. The number of aliphatic hydroxyl groups is 1. The van der Waals surface area contributed by atoms with Gasteiger partial charge in [0.15, 0.2) is 0 Å². The number of phenolic OH excluding ortho intramolecular Hbond substituents is 1. The molecule has 0 aliphatic carbocycles. The molecule has 2 nitrogen and oxygen atoms in total. The largest absolute Gasteiger partial charge is 0.508 e. The molecule has 18 heavy (non-hydrogen) atoms. The number of aromatic hydroxyl groups is 1. The summed E-state index contributed by atoms with van der Waals surface area (Å²) in [6.45, 7) is 2.01. The highest BCUT2D eigenvalue weighted by molar-refractivity contribution is 9.10. The van der Waals surface area contributed by atoms with E-state index in [9.17, 15) is 10.2 Å². The third-order valence-corrected chi connectivity index (χ3v) is 3.54. The number of benzene rings is 2. The Bertz CT molecular complexity index is 552. The van der Waals surface area contributed by atoms with Gasteiger partial charge in [-0.2, -0.15) is 0 Å². The number of phenols is 1. The zero-order valence-corrected chi connectivity index (χ0v) is 11.7. The third-order valence-electron chi connectivity index (χ3n) is 2.85. The zero-order valence-electron chi connectivity index (χ0n) is 10.1. The van der Waals surface area contributed by atoms with E-state index in [0.717, 1.165) is 21.2 Å². The molecule has 0 amide bonds. The average molecular weight is 307 g/mol. The van der Waals surface area contributed by atoms with Crippen molar-refractivity contribution in [2.75, 3.05) is 0 Å². The predicted octanol–water partition coefficient (Wildman–Crippen LogP) is 3.74. The Hall–Kier alpha value is -1.32. The fraction of sp³-hybridized carbons (Fsp3) is 0.200. The van der Waals surface area contributed by atoms with Gasteiger partial charge in [-0.25, -0.2) is 0 Å². The van der Waals surface area contributed by atoms with E-state index in [1.54, 1.807) is 18.2 Å². The maximum atomic E-state index is 10.2. The molecule has 2 rings (SSSR count). The molecule has 2 aromatic carbocycles. The van der Waals surface area contributed by atoms with Crippen molar-refractivity contribution in [2.45, 2.75) is 19.4 Å². The van der Waals surface area contributed by atoms with E-state index in [4.69, 9.17) is 0 Å². The third kappa shape index (κ3) is 3.12. The first kappa shape index (κ1) is 13.1. The molecule has 2 aromatic rings. The number of hydrogen-bond donors (Lipinski definition) is 2. The van der Waals surface area contributed by atoms with Crippen LogP contribution < -0.4 is 0 Å². The summed E-state index contributed by atoms with van der Waals surface area (Å²) in [5.74, 6) is 0.225. The van der Waals surface area contributed by atoms with Gasteiger partial charge in [-0.15, -0.1) is 0 Å². The average Bonchev–Trinajstić information content (AvgIpc) is 2.28. The van der Waals surface area contributed by atoms with Crippen LogP contribution in [0.2, 0.25) is 0 Å². The predicted molar refractivity (Wildman–Crippen MR) is 75.6 cm³/mol. The van der Waals surface area contributed by atoms with Gasteiger partial charge < -0.3 is 10.2 Å². The van der Waals surface area contributed by atoms with Crippen LogP contribution in [-0.2, 0) is 6.42 Å². The van der Waals surface area contributed by atoms with Gasteiger partial charge in [0.1, 0.15) is 5.75 Å². The fourth-order valence-corrected chi connectivity index (χ4v) is 2.68. The summed E-state index contributed by atoms with van der Waals surface area (Å²) in [4.78, 5) is 0. The van der Waals surface area contributed by atoms with Crippen molar-refractivity contribution in [3.63, 3.8) is 0 Å². The summed E-state index contributed by atoms with van der Waals surface area (Å²) in [5.41, 5.74) is 2.93. The van der Waals surface area contributed by atoms with Gasteiger partial charge in [0.25, 0.3) is 0 Å². The molecule has 0 aliphatic rings. The van der Waals surface area contributed by atoms with Crippen LogP contribution in [-0.4, -0.2) is 10.2 Å². The number of aryl methyl sites for hydroxylation is 1. The van der Waals surface area contributed by atoms with Crippen LogP contribution in [0.3, 0.4) is 0 Å². The molecule has 0 aliphatic heterocycles. The molecule has 0 bridgehead atoms. The topological polar surface area (TPSA) is 40.5 Å². The smallest absolute Gasteiger partial charge is 0.115 e. The van der Waals surface area contributed by atoms with Crippen LogP contribution in [0.4, 0.5) is 0 Å². The highest BCUT2D eigenvalue weighted by Gasteiger charge is 2.12. The minimum atomic E-state index is -0.582. The van der Waals surface area contributed by atoms with Crippen molar-refractivity contribution in [1.82, 2.24) is 0 Å². The highest BCUT2D eigenvalue weighted by Crippen LogP contribution is 2.27. The van der Waals surface area contributed by atoms with Gasteiger partial charge in [0.05, 0.1) is 6.10 Å². The molecule has 1 unspecified atom stereocenters. The Balaban J connectivity index is 2.19. The van der Waals surface area contributed by atoms with Crippen molar-refractivity contribution in [1.29, 1.82) is 0 Å². The Morgan fingerprint density at radius 1 is 1.17 bits per heavy atom. The molecule has 0 aromatic heterocycles. The van der Waals surface area contributed by atoms with Crippen LogP contribution in [0.5, 0.6) is 5.75 Å². The van der Waals surface area contributed by atoms with Crippen molar-refractivity contribution in [2.24, 2.45) is 0 Å². The minimum Gasteiger partial charge on any atom is -0.508 e. The van der Waals surface area contributed by atoms with Crippen LogP contribution >= 0.6 is 15.9 Å². The lowest BCUT2D eigenvalue weighted by Gasteiger charge is -2.13. The first-order valence-corrected chi connectivity index (χ1v) is 6.57. The SMILES string of the molecule is Cc1ccc(C(O)Cc2cccc(O)c2)c(Br)c1. The number of hydrogen-bond acceptors (Lipinski definition) is 2. The molecule has 0 fully saturated rings. The van der Waals surface area contributed by atoms with Gasteiger partial charge >= 0.3 is 0 Å². The van der Waals surface area contributed by atoms with E-state index in [0.29, 0.717) is 6.42 Å². The van der Waals surface area contributed by atoms with Crippen molar-refractivity contribution in [3.05, 3.63) is 63.6 Å². The lowest BCUT2D eigenvalue weighted by atomic mass is 10.0. The zero-order chi connectivity index (χ0) is 13.1. The van der Waals surface area contributed by atoms with E-state index in [2.05, 4.69) is 15.9 Å². The van der Waals surface area contributed by atoms with Crippen molar-refractivity contribution in [3.8, 4) is 5.75 Å². The summed E-state index contributed by atoms with van der Waals surface area (Å²) in [6, 6.07) is 12.9. The summed E-state index contributed by atoms with van der Waals surface area (Å²) in [5, 5.41) is 19.6. The molecule has 0 radical (unpaired) electrons. The molecular formula is C15H15BrO2. The molecule has 1 atom stereocenters. The Morgan fingerprint density at radius 2 is 1.94 bits per heavy atom. The monoisotopic (exact) mass is 306 g/mol. The standard InChI is InChI=1S/C15H15BrO2/c1-10-5-6-13(14(16)7-10)15(18)9-11-3-2-4-12(17)8-11/h2-8,15,17-18H,9H2,1H3. The molecule has 94 valence electrons. The summed E-state index contributed by atoms with van der Waals surface area (Å²) in [7, 11) is 0. The molecule has 3 heteroatoms. The summed E-state index contributed by atoms with van der Waals surface area (Å²) >= 11 is 3.47. The number of rotatable bonds is 3. The molecule has 0 spiro atoms. The lowest BCUT2D eigenvalue weighted by molar-refractivity contribution is 0.177. The van der Waals surface area contributed by atoms with E-state index in [-0.39, 0.29) is 5.75 Å².